The molecular weight excluding hydrogens is 424 g/mol. The Morgan fingerprint density at radius 2 is 1.45 bits per heavy atom. The first kappa shape index (κ1) is 24.2. The predicted octanol–water partition coefficient (Wildman–Crippen LogP) is 2.57. The van der Waals surface area contributed by atoms with Gasteiger partial charge in [-0.1, -0.05) is 6.07 Å². The van der Waals surface area contributed by atoms with Gasteiger partial charge in [0.05, 0.1) is 19.1 Å². The molecule has 0 unspecified atom stereocenters. The maximum Gasteiger partial charge on any atom is 0.346 e. The monoisotopic (exact) mass is 450 g/mol. The van der Waals surface area contributed by atoms with Crippen molar-refractivity contribution in [3.63, 3.8) is 0 Å². The molecule has 0 aliphatic carbocycles. The molecule has 0 radical (unpaired) electrons. The number of esters is 1. The second-order valence-electron chi connectivity index (χ2n) is 6.87. The molecule has 1 atom stereocenters. The summed E-state index contributed by atoms with van der Waals surface area (Å²) in [6, 6.07) is 10.2. The molecule has 0 aromatic heterocycles. The van der Waals surface area contributed by atoms with Crippen LogP contribution in [-0.2, 0) is 19.6 Å². The van der Waals surface area contributed by atoms with Gasteiger partial charge in [0.15, 0.2) is 6.10 Å². The molecule has 2 rings (SSSR count). The number of methoxy groups -OCH3 is 2. The van der Waals surface area contributed by atoms with E-state index < -0.39 is 28.0 Å². The van der Waals surface area contributed by atoms with Crippen molar-refractivity contribution in [1.82, 2.24) is 4.72 Å². The highest BCUT2D eigenvalue weighted by Crippen LogP contribution is 2.29. The van der Waals surface area contributed by atoms with Crippen LogP contribution in [0.25, 0.3) is 0 Å². The molecule has 0 heterocycles. The van der Waals surface area contributed by atoms with Crippen molar-refractivity contribution in [3.8, 4) is 11.5 Å². The lowest BCUT2D eigenvalue weighted by molar-refractivity contribution is -0.123. The van der Waals surface area contributed by atoms with Crippen LogP contribution in [0.1, 0.15) is 31.1 Å². The molecular formula is C21H26N2O7S. The van der Waals surface area contributed by atoms with Crippen LogP contribution in [0, 0.1) is 0 Å². The molecule has 1 amide bonds. The molecule has 2 aromatic carbocycles. The van der Waals surface area contributed by atoms with Crippen molar-refractivity contribution in [2.24, 2.45) is 0 Å². The van der Waals surface area contributed by atoms with Gasteiger partial charge in [0.25, 0.3) is 5.91 Å². The highest BCUT2D eigenvalue weighted by Gasteiger charge is 2.25. The Morgan fingerprint density at radius 3 is 1.94 bits per heavy atom. The van der Waals surface area contributed by atoms with E-state index in [9.17, 15) is 18.0 Å². The molecule has 168 valence electrons. The highest BCUT2D eigenvalue weighted by molar-refractivity contribution is 7.89. The maximum atomic E-state index is 12.6. The average Bonchev–Trinajstić information content (AvgIpc) is 2.72. The summed E-state index contributed by atoms with van der Waals surface area (Å²) in [6.07, 6.45) is -1.13. The fourth-order valence-corrected chi connectivity index (χ4v) is 3.92. The van der Waals surface area contributed by atoms with Gasteiger partial charge in [0, 0.05) is 11.7 Å². The standard InChI is InChI=1S/C21H26N2O7S/c1-13(2)23-31(26,27)16-11-9-15(10-12-16)22-20(24)14(3)30-21(25)19-17(28-4)7-6-8-18(19)29-5/h6-14,23H,1-5H3,(H,22,24)/t14-/m1/s1. The molecule has 2 aromatic rings. The summed E-state index contributed by atoms with van der Waals surface area (Å²) < 4.78 is 42.4. The Kier molecular flexibility index (Phi) is 8.01. The van der Waals surface area contributed by atoms with Gasteiger partial charge in [-0.2, -0.15) is 0 Å². The molecule has 31 heavy (non-hydrogen) atoms. The summed E-state index contributed by atoms with van der Waals surface area (Å²) in [7, 11) is -0.827. The Morgan fingerprint density at radius 1 is 0.903 bits per heavy atom. The van der Waals surface area contributed by atoms with Crippen molar-refractivity contribution >= 4 is 27.6 Å². The summed E-state index contributed by atoms with van der Waals surface area (Å²) >= 11 is 0. The van der Waals surface area contributed by atoms with E-state index in [0.29, 0.717) is 5.69 Å². The van der Waals surface area contributed by atoms with Crippen LogP contribution in [0.4, 0.5) is 5.69 Å². The fourth-order valence-electron chi connectivity index (χ4n) is 2.67. The van der Waals surface area contributed by atoms with E-state index in [-0.39, 0.29) is 28.0 Å². The normalized spacial score (nSPS) is 12.2. The SMILES string of the molecule is COc1cccc(OC)c1C(=O)O[C@H](C)C(=O)Nc1ccc(S(=O)(=O)NC(C)C)cc1. The van der Waals surface area contributed by atoms with Crippen molar-refractivity contribution in [2.75, 3.05) is 19.5 Å². The van der Waals surface area contributed by atoms with Crippen molar-refractivity contribution in [2.45, 2.75) is 37.8 Å². The Labute approximate surface area is 181 Å². The zero-order chi connectivity index (χ0) is 23.2. The first-order valence-corrected chi connectivity index (χ1v) is 10.9. The van der Waals surface area contributed by atoms with E-state index in [1.54, 1.807) is 32.0 Å². The third-order valence-corrected chi connectivity index (χ3v) is 5.78. The molecule has 0 aliphatic rings. The van der Waals surface area contributed by atoms with Gasteiger partial charge in [-0.3, -0.25) is 4.79 Å². The number of hydrogen-bond acceptors (Lipinski definition) is 7. The number of hydrogen-bond donors (Lipinski definition) is 2. The highest BCUT2D eigenvalue weighted by atomic mass is 32.2. The third kappa shape index (κ3) is 6.19. The smallest absolute Gasteiger partial charge is 0.346 e. The minimum absolute atomic E-state index is 0.0689. The zero-order valence-corrected chi connectivity index (χ0v) is 18.8. The molecule has 0 aliphatic heterocycles. The fraction of sp³-hybridized carbons (Fsp3) is 0.333. The zero-order valence-electron chi connectivity index (χ0n) is 18.0. The Bertz CT molecular complexity index is 1010. The molecule has 0 saturated carbocycles. The number of nitrogens with one attached hydrogen (secondary N) is 2. The minimum Gasteiger partial charge on any atom is -0.496 e. The summed E-state index contributed by atoms with van der Waals surface area (Å²) in [4.78, 5) is 25.1. The van der Waals surface area contributed by atoms with Crippen molar-refractivity contribution < 1.29 is 32.2 Å². The van der Waals surface area contributed by atoms with Gasteiger partial charge in [-0.15, -0.1) is 0 Å². The summed E-state index contributed by atoms with van der Waals surface area (Å²) in [5.41, 5.74) is 0.422. The topological polar surface area (TPSA) is 120 Å². The lowest BCUT2D eigenvalue weighted by atomic mass is 10.1. The summed E-state index contributed by atoms with van der Waals surface area (Å²) in [5, 5.41) is 2.58. The molecule has 10 heteroatoms. The third-order valence-electron chi connectivity index (χ3n) is 4.11. The van der Waals surface area contributed by atoms with Gasteiger partial charge < -0.3 is 19.5 Å². The number of carbonyl (C=O) groups excluding carboxylic acids is 2. The average molecular weight is 451 g/mol. The maximum absolute atomic E-state index is 12.6. The predicted molar refractivity (Wildman–Crippen MR) is 115 cm³/mol. The lowest BCUT2D eigenvalue weighted by Crippen LogP contribution is -2.31. The van der Waals surface area contributed by atoms with E-state index in [2.05, 4.69) is 10.0 Å². The molecule has 0 bridgehead atoms. The first-order chi connectivity index (χ1) is 14.6. The Hall–Kier alpha value is -3.11. The number of amides is 1. The Balaban J connectivity index is 2.07. The van der Waals surface area contributed by atoms with E-state index >= 15 is 0 Å². The molecule has 0 spiro atoms. The van der Waals surface area contributed by atoms with E-state index in [1.807, 2.05) is 0 Å². The number of ether oxygens (including phenoxy) is 3. The molecule has 0 saturated heterocycles. The van der Waals surface area contributed by atoms with Crippen molar-refractivity contribution in [1.29, 1.82) is 0 Å². The van der Waals surface area contributed by atoms with Gasteiger partial charge >= 0.3 is 5.97 Å². The van der Waals surface area contributed by atoms with Crippen LogP contribution < -0.4 is 19.5 Å². The number of benzene rings is 2. The summed E-state index contributed by atoms with van der Waals surface area (Å²) in [5.74, 6) is -0.858. The number of anilines is 1. The van der Waals surface area contributed by atoms with Gasteiger partial charge in [-0.05, 0) is 57.2 Å². The number of rotatable bonds is 9. The second kappa shape index (κ2) is 10.3. The summed E-state index contributed by atoms with van der Waals surface area (Å²) in [6.45, 7) is 4.85. The molecule has 0 fully saturated rings. The van der Waals surface area contributed by atoms with E-state index in [4.69, 9.17) is 14.2 Å². The number of sulfonamides is 1. The largest absolute Gasteiger partial charge is 0.496 e. The van der Waals surface area contributed by atoms with E-state index in [1.165, 1.54) is 45.4 Å². The van der Waals surface area contributed by atoms with E-state index in [0.717, 1.165) is 0 Å². The first-order valence-electron chi connectivity index (χ1n) is 9.44. The van der Waals surface area contributed by atoms with Crippen LogP contribution in [0.2, 0.25) is 0 Å². The molecule has 2 N–H and O–H groups in total. The van der Waals surface area contributed by atoms with Crippen LogP contribution in [-0.4, -0.2) is 46.7 Å². The van der Waals surface area contributed by atoms with Crippen LogP contribution in [0.5, 0.6) is 11.5 Å². The van der Waals surface area contributed by atoms with Gasteiger partial charge in [-0.25, -0.2) is 17.9 Å². The second-order valence-corrected chi connectivity index (χ2v) is 8.59. The number of carbonyl (C=O) groups is 2. The van der Waals surface area contributed by atoms with Gasteiger partial charge in [0.1, 0.15) is 17.1 Å². The van der Waals surface area contributed by atoms with Gasteiger partial charge in [0.2, 0.25) is 10.0 Å². The van der Waals surface area contributed by atoms with Crippen LogP contribution in [0.3, 0.4) is 0 Å². The van der Waals surface area contributed by atoms with Crippen molar-refractivity contribution in [3.05, 3.63) is 48.0 Å². The lowest BCUT2D eigenvalue weighted by Gasteiger charge is -2.16. The van der Waals surface area contributed by atoms with Crippen LogP contribution in [0.15, 0.2) is 47.4 Å². The van der Waals surface area contributed by atoms with Crippen LogP contribution >= 0.6 is 0 Å². The quantitative estimate of drug-likeness (QED) is 0.564. The minimum atomic E-state index is -3.64. The molecule has 9 nitrogen and oxygen atoms in total.